The van der Waals surface area contributed by atoms with Crippen LogP contribution in [0.4, 0.5) is 20.3 Å². The maximum absolute atomic E-state index is 15.1. The van der Waals surface area contributed by atoms with Crippen molar-refractivity contribution in [2.45, 2.75) is 38.4 Å². The van der Waals surface area contributed by atoms with Gasteiger partial charge in [-0.05, 0) is 58.2 Å². The minimum atomic E-state index is -2.21. The van der Waals surface area contributed by atoms with Gasteiger partial charge in [-0.15, -0.1) is 0 Å². The molecule has 35 heavy (non-hydrogen) atoms. The van der Waals surface area contributed by atoms with E-state index in [1.807, 2.05) is 11.0 Å². The van der Waals surface area contributed by atoms with Gasteiger partial charge in [-0.2, -0.15) is 5.26 Å². The SMILES string of the molecule is Cc1nc2cc(F)c(N3CCC(P(C)(C)=O)CC3)nc2c(NC(C)c2cc(C#N)ccc2F)c1Cl. The van der Waals surface area contributed by atoms with Gasteiger partial charge in [0.15, 0.2) is 11.6 Å². The number of nitriles is 1. The number of rotatable bonds is 5. The Bertz CT molecular complexity index is 1380. The molecule has 1 fully saturated rings. The van der Waals surface area contributed by atoms with E-state index in [-0.39, 0.29) is 11.5 Å². The monoisotopic (exact) mass is 517 g/mol. The number of anilines is 2. The van der Waals surface area contributed by atoms with Crippen LogP contribution in [0.15, 0.2) is 24.3 Å². The van der Waals surface area contributed by atoms with Crippen molar-refractivity contribution in [2.75, 3.05) is 36.6 Å². The summed E-state index contributed by atoms with van der Waals surface area (Å²) in [5, 5.41) is 12.7. The van der Waals surface area contributed by atoms with Gasteiger partial charge in [-0.3, -0.25) is 0 Å². The van der Waals surface area contributed by atoms with Crippen LogP contribution < -0.4 is 10.2 Å². The largest absolute Gasteiger partial charge is 0.375 e. The average molecular weight is 518 g/mol. The van der Waals surface area contributed by atoms with Gasteiger partial charge in [-0.25, -0.2) is 18.7 Å². The number of fused-ring (bicyclic) bond motifs is 1. The third-order valence-electron chi connectivity index (χ3n) is 6.60. The zero-order valence-electron chi connectivity index (χ0n) is 20.1. The number of aromatic nitrogens is 2. The summed E-state index contributed by atoms with van der Waals surface area (Å²) in [6.45, 7) is 8.15. The lowest BCUT2D eigenvalue weighted by Crippen LogP contribution is -2.36. The zero-order chi connectivity index (χ0) is 25.5. The van der Waals surface area contributed by atoms with Gasteiger partial charge >= 0.3 is 0 Å². The molecule has 1 atom stereocenters. The maximum Gasteiger partial charge on any atom is 0.167 e. The van der Waals surface area contributed by atoms with E-state index in [1.165, 1.54) is 24.3 Å². The molecule has 3 heterocycles. The Morgan fingerprint density at radius 2 is 1.89 bits per heavy atom. The fourth-order valence-electron chi connectivity index (χ4n) is 4.55. The van der Waals surface area contributed by atoms with Crippen LogP contribution >= 0.6 is 18.7 Å². The van der Waals surface area contributed by atoms with Gasteiger partial charge in [0.2, 0.25) is 0 Å². The van der Waals surface area contributed by atoms with E-state index in [1.54, 1.807) is 27.2 Å². The van der Waals surface area contributed by atoms with E-state index in [2.05, 4.69) is 15.3 Å². The number of halogens is 3. The Morgan fingerprint density at radius 3 is 2.51 bits per heavy atom. The van der Waals surface area contributed by atoms with E-state index in [4.69, 9.17) is 11.6 Å². The van der Waals surface area contributed by atoms with E-state index < -0.39 is 24.8 Å². The second-order valence-corrected chi connectivity index (χ2v) is 13.4. The average Bonchev–Trinajstić information content (AvgIpc) is 2.81. The molecule has 1 N–H and O–H groups in total. The summed E-state index contributed by atoms with van der Waals surface area (Å²) in [6.07, 6.45) is 1.40. The molecule has 0 spiro atoms. The number of benzene rings is 1. The predicted molar refractivity (Wildman–Crippen MR) is 137 cm³/mol. The molecule has 1 unspecified atom stereocenters. The minimum absolute atomic E-state index is 0.123. The molecule has 0 aliphatic carbocycles. The number of hydrogen-bond donors (Lipinski definition) is 1. The predicted octanol–water partition coefficient (Wildman–Crippen LogP) is 6.51. The summed E-state index contributed by atoms with van der Waals surface area (Å²) >= 11 is 6.60. The molecule has 0 amide bonds. The lowest BCUT2D eigenvalue weighted by molar-refractivity contribution is 0.523. The Hall–Kier alpha value is -2.75. The fraction of sp³-hybridized carbons (Fsp3) is 0.400. The molecule has 1 saturated heterocycles. The van der Waals surface area contributed by atoms with Gasteiger partial charge in [0.05, 0.1) is 46.7 Å². The first-order valence-electron chi connectivity index (χ1n) is 11.4. The maximum atomic E-state index is 15.1. The highest BCUT2D eigenvalue weighted by Crippen LogP contribution is 2.47. The second-order valence-electron chi connectivity index (χ2n) is 9.41. The molecule has 1 aromatic carbocycles. The highest BCUT2D eigenvalue weighted by Gasteiger charge is 2.30. The standard InChI is InChI=1S/C25H27ClF2N5OP/c1-14(18-11-16(13-29)5-6-19(18)27)31-24-22(26)15(2)30-21-12-20(28)25(32-23(21)24)33-9-7-17(8-10-33)35(3,4)34/h5-6,11-12,14,17H,7-10H2,1-4H3,(H,30,31). The molecule has 2 aromatic heterocycles. The molecular weight excluding hydrogens is 491 g/mol. The van der Waals surface area contributed by atoms with Crippen molar-refractivity contribution >= 4 is 41.3 Å². The number of pyridine rings is 2. The Balaban J connectivity index is 1.73. The van der Waals surface area contributed by atoms with Crippen molar-refractivity contribution in [3.8, 4) is 6.07 Å². The van der Waals surface area contributed by atoms with E-state index >= 15 is 4.39 Å². The van der Waals surface area contributed by atoms with Crippen LogP contribution in [0.3, 0.4) is 0 Å². The van der Waals surface area contributed by atoms with Gasteiger partial charge in [0.1, 0.15) is 11.3 Å². The summed E-state index contributed by atoms with van der Waals surface area (Å²) in [5.74, 6) is -0.761. The first-order valence-corrected chi connectivity index (χ1v) is 14.5. The molecule has 4 rings (SSSR count). The van der Waals surface area contributed by atoms with Crippen molar-refractivity contribution < 1.29 is 13.3 Å². The van der Waals surface area contributed by atoms with Crippen molar-refractivity contribution in [3.05, 3.63) is 57.7 Å². The van der Waals surface area contributed by atoms with Crippen molar-refractivity contribution in [1.82, 2.24) is 9.97 Å². The number of hydrogen-bond acceptors (Lipinski definition) is 6. The van der Waals surface area contributed by atoms with Crippen LogP contribution in [0.25, 0.3) is 11.0 Å². The summed E-state index contributed by atoms with van der Waals surface area (Å²) in [4.78, 5) is 10.9. The smallest absolute Gasteiger partial charge is 0.167 e. The Kier molecular flexibility index (Phi) is 7.04. The molecule has 1 aliphatic heterocycles. The van der Waals surface area contributed by atoms with Crippen LogP contribution in [0.2, 0.25) is 5.02 Å². The Morgan fingerprint density at radius 1 is 1.20 bits per heavy atom. The van der Waals surface area contributed by atoms with Gasteiger partial charge < -0.3 is 14.8 Å². The number of piperidine rings is 1. The lowest BCUT2D eigenvalue weighted by atomic mass is 10.0. The number of nitrogens with zero attached hydrogens (tertiary/aromatic N) is 4. The fourth-order valence-corrected chi connectivity index (χ4v) is 6.21. The van der Waals surface area contributed by atoms with Crippen molar-refractivity contribution in [3.63, 3.8) is 0 Å². The number of aryl methyl sites for hydroxylation is 1. The van der Waals surface area contributed by atoms with E-state index in [0.717, 1.165) is 0 Å². The normalized spacial score (nSPS) is 15.8. The summed E-state index contributed by atoms with van der Waals surface area (Å²) < 4.78 is 42.1. The molecular formula is C25H27ClF2N5OP. The molecule has 3 aromatic rings. The minimum Gasteiger partial charge on any atom is -0.375 e. The van der Waals surface area contributed by atoms with Crippen LogP contribution in [-0.4, -0.2) is 42.0 Å². The third-order valence-corrected chi connectivity index (χ3v) is 9.33. The molecule has 1 aliphatic rings. The van der Waals surface area contributed by atoms with Crippen LogP contribution in [0, 0.1) is 29.9 Å². The number of nitrogens with one attached hydrogen (secondary N) is 1. The van der Waals surface area contributed by atoms with Crippen LogP contribution in [0.5, 0.6) is 0 Å². The van der Waals surface area contributed by atoms with Crippen LogP contribution in [0.1, 0.15) is 42.6 Å². The lowest BCUT2D eigenvalue weighted by Gasteiger charge is -2.34. The second kappa shape index (κ2) is 9.72. The third kappa shape index (κ3) is 5.12. The quantitative estimate of drug-likeness (QED) is 0.389. The van der Waals surface area contributed by atoms with Gasteiger partial charge in [0, 0.05) is 30.4 Å². The molecule has 6 nitrogen and oxygen atoms in total. The summed E-state index contributed by atoms with van der Waals surface area (Å²) in [6, 6.07) is 6.96. The first-order chi connectivity index (χ1) is 16.5. The van der Waals surface area contributed by atoms with Crippen molar-refractivity contribution in [2.24, 2.45) is 0 Å². The molecule has 10 heteroatoms. The highest BCUT2D eigenvalue weighted by molar-refractivity contribution is 7.63. The molecule has 184 valence electrons. The Labute approximate surface area is 208 Å². The van der Waals surface area contributed by atoms with E-state index in [9.17, 15) is 14.2 Å². The van der Waals surface area contributed by atoms with Gasteiger partial charge in [-0.1, -0.05) is 11.6 Å². The summed E-state index contributed by atoms with van der Waals surface area (Å²) in [5.41, 5.74) is 2.37. The molecule has 0 saturated carbocycles. The van der Waals surface area contributed by atoms with Crippen LogP contribution in [-0.2, 0) is 4.57 Å². The van der Waals surface area contributed by atoms with Crippen molar-refractivity contribution in [1.29, 1.82) is 5.26 Å². The molecule has 0 bridgehead atoms. The molecule has 0 radical (unpaired) electrons. The topological polar surface area (TPSA) is 81.9 Å². The highest BCUT2D eigenvalue weighted by atomic mass is 35.5. The van der Waals surface area contributed by atoms with Gasteiger partial charge in [0.25, 0.3) is 0 Å². The summed E-state index contributed by atoms with van der Waals surface area (Å²) in [7, 11) is -2.21. The first kappa shape index (κ1) is 25.3. The zero-order valence-corrected chi connectivity index (χ0v) is 21.7. The van der Waals surface area contributed by atoms with E-state index in [0.29, 0.717) is 64.5 Å².